The van der Waals surface area contributed by atoms with Crippen LogP contribution in [0.25, 0.3) is 0 Å². The Morgan fingerprint density at radius 1 is 1.30 bits per heavy atom. The third-order valence-electron chi connectivity index (χ3n) is 4.10. The number of hydrogen-bond acceptors (Lipinski definition) is 3. The maximum Gasteiger partial charge on any atom is 0.163 e. The summed E-state index contributed by atoms with van der Waals surface area (Å²) in [7, 11) is 0. The van der Waals surface area contributed by atoms with Gasteiger partial charge in [-0.3, -0.25) is 4.79 Å². The Balaban J connectivity index is 1.55. The number of rotatable bonds is 4. The minimum atomic E-state index is 0.230. The first-order valence-electron chi connectivity index (χ1n) is 7.11. The van der Waals surface area contributed by atoms with E-state index in [9.17, 15) is 4.79 Å². The summed E-state index contributed by atoms with van der Waals surface area (Å²) in [6.45, 7) is 0.515. The number of ether oxygens (including phenoxy) is 1. The summed E-state index contributed by atoms with van der Waals surface area (Å²) in [4.78, 5) is 15.9. The lowest BCUT2D eigenvalue weighted by molar-refractivity contribution is 0.0994. The van der Waals surface area contributed by atoms with Crippen molar-refractivity contribution in [3.05, 3.63) is 47.5 Å². The highest BCUT2D eigenvalue weighted by atomic mass is 16.5. The van der Waals surface area contributed by atoms with Gasteiger partial charge in [0.05, 0.1) is 18.2 Å². The van der Waals surface area contributed by atoms with E-state index < -0.39 is 0 Å². The second kappa shape index (κ2) is 4.47. The lowest BCUT2D eigenvalue weighted by Gasteiger charge is -2.11. The first-order valence-corrected chi connectivity index (χ1v) is 7.11. The topological polar surface area (TPSA) is 44.1 Å². The van der Waals surface area contributed by atoms with Crippen molar-refractivity contribution < 1.29 is 9.53 Å². The van der Waals surface area contributed by atoms with E-state index in [0.717, 1.165) is 29.0 Å². The monoisotopic (exact) mass is 268 g/mol. The van der Waals surface area contributed by atoms with Crippen LogP contribution in [0, 0.1) is 0 Å². The van der Waals surface area contributed by atoms with Crippen LogP contribution in [0.4, 0.5) is 0 Å². The van der Waals surface area contributed by atoms with Gasteiger partial charge in [-0.05, 0) is 25.3 Å². The van der Waals surface area contributed by atoms with Gasteiger partial charge in [0.25, 0.3) is 0 Å². The molecule has 0 radical (unpaired) electrons. The van der Waals surface area contributed by atoms with Crippen LogP contribution in [-0.2, 0) is 13.0 Å². The summed E-state index contributed by atoms with van der Waals surface area (Å²) in [5.41, 5.74) is 3.00. The van der Waals surface area contributed by atoms with E-state index in [4.69, 9.17) is 4.74 Å². The Morgan fingerprint density at radius 2 is 2.20 bits per heavy atom. The van der Waals surface area contributed by atoms with Gasteiger partial charge in [0.2, 0.25) is 0 Å². The zero-order chi connectivity index (χ0) is 13.5. The van der Waals surface area contributed by atoms with Gasteiger partial charge in [0.1, 0.15) is 12.4 Å². The molecule has 0 bridgehead atoms. The number of carbonyl (C=O) groups is 1. The molecule has 0 amide bonds. The molecule has 0 spiro atoms. The molecule has 0 unspecified atom stereocenters. The summed E-state index contributed by atoms with van der Waals surface area (Å²) >= 11 is 0. The first-order chi connectivity index (χ1) is 9.83. The highest BCUT2D eigenvalue weighted by molar-refractivity contribution is 6.01. The van der Waals surface area contributed by atoms with Gasteiger partial charge in [-0.25, -0.2) is 4.98 Å². The van der Waals surface area contributed by atoms with E-state index >= 15 is 0 Å². The number of ketones is 1. The third-order valence-corrected chi connectivity index (χ3v) is 4.10. The van der Waals surface area contributed by atoms with Crippen LogP contribution in [0.3, 0.4) is 0 Å². The van der Waals surface area contributed by atoms with E-state index in [2.05, 4.69) is 9.55 Å². The number of nitrogens with zero attached hydrogens (tertiary/aromatic N) is 2. The van der Waals surface area contributed by atoms with Crippen LogP contribution in [-0.4, -0.2) is 15.3 Å². The number of fused-ring (bicyclic) bond motifs is 1. The van der Waals surface area contributed by atoms with Crippen molar-refractivity contribution in [2.24, 2.45) is 0 Å². The second-order valence-electron chi connectivity index (χ2n) is 5.52. The smallest absolute Gasteiger partial charge is 0.163 e. The predicted molar refractivity (Wildman–Crippen MR) is 73.9 cm³/mol. The minimum absolute atomic E-state index is 0.230. The molecule has 2 aliphatic carbocycles. The molecule has 1 aromatic carbocycles. The molecular formula is C16H16N2O2. The number of aromatic nitrogens is 2. The summed E-state index contributed by atoms with van der Waals surface area (Å²) < 4.78 is 8.15. The molecule has 1 fully saturated rings. The molecule has 2 aromatic rings. The Bertz CT molecular complexity index is 671. The molecule has 4 heteroatoms. The maximum absolute atomic E-state index is 11.7. The van der Waals surface area contributed by atoms with Crippen molar-refractivity contribution >= 4 is 5.78 Å². The normalized spacial score (nSPS) is 17.3. The Kier molecular flexibility index (Phi) is 2.62. The number of imidazole rings is 1. The summed E-state index contributed by atoms with van der Waals surface area (Å²) in [5, 5.41) is 0. The largest absolute Gasteiger partial charge is 0.487 e. The number of hydrogen-bond donors (Lipinski definition) is 0. The Hall–Kier alpha value is -2.10. The fraction of sp³-hybridized carbons (Fsp3) is 0.375. The van der Waals surface area contributed by atoms with Gasteiger partial charge in [0, 0.05) is 23.6 Å². The van der Waals surface area contributed by atoms with Crippen molar-refractivity contribution in [3.63, 3.8) is 0 Å². The third kappa shape index (κ3) is 1.92. The molecular weight excluding hydrogens is 252 g/mol. The van der Waals surface area contributed by atoms with Crippen LogP contribution in [0.1, 0.15) is 46.9 Å². The Labute approximate surface area is 117 Å². The van der Waals surface area contributed by atoms with E-state index in [0.29, 0.717) is 19.1 Å². The molecule has 2 aliphatic rings. The zero-order valence-electron chi connectivity index (χ0n) is 11.2. The predicted octanol–water partition coefficient (Wildman–Crippen LogP) is 2.93. The average Bonchev–Trinajstić information content (AvgIpc) is 3.09. The molecule has 102 valence electrons. The van der Waals surface area contributed by atoms with Crippen LogP contribution < -0.4 is 4.74 Å². The molecule has 4 nitrogen and oxygen atoms in total. The maximum atomic E-state index is 11.7. The lowest BCUT2D eigenvalue weighted by atomic mass is 10.1. The van der Waals surface area contributed by atoms with Crippen LogP contribution in [0.2, 0.25) is 0 Å². The van der Waals surface area contributed by atoms with Gasteiger partial charge in [-0.15, -0.1) is 0 Å². The highest BCUT2D eigenvalue weighted by Crippen LogP contribution is 2.36. The molecule has 0 saturated heterocycles. The van der Waals surface area contributed by atoms with Gasteiger partial charge >= 0.3 is 0 Å². The van der Waals surface area contributed by atoms with Crippen LogP contribution in [0.5, 0.6) is 5.75 Å². The quantitative estimate of drug-likeness (QED) is 0.856. The van der Waals surface area contributed by atoms with Gasteiger partial charge in [0.15, 0.2) is 5.78 Å². The molecule has 0 N–H and O–H groups in total. The number of benzene rings is 1. The molecule has 1 saturated carbocycles. The van der Waals surface area contributed by atoms with Crippen LogP contribution >= 0.6 is 0 Å². The van der Waals surface area contributed by atoms with E-state index in [-0.39, 0.29) is 5.78 Å². The van der Waals surface area contributed by atoms with E-state index in [1.54, 1.807) is 0 Å². The van der Waals surface area contributed by atoms with E-state index in [1.807, 2.05) is 30.7 Å². The summed E-state index contributed by atoms with van der Waals surface area (Å²) in [5.74, 6) is 1.07. The van der Waals surface area contributed by atoms with Crippen molar-refractivity contribution in [1.29, 1.82) is 0 Å². The fourth-order valence-electron chi connectivity index (χ4n) is 2.87. The molecule has 1 aromatic heterocycles. The van der Waals surface area contributed by atoms with Crippen molar-refractivity contribution in [2.45, 2.75) is 38.3 Å². The van der Waals surface area contributed by atoms with Crippen molar-refractivity contribution in [1.82, 2.24) is 9.55 Å². The van der Waals surface area contributed by atoms with Crippen molar-refractivity contribution in [2.75, 3.05) is 0 Å². The molecule has 4 rings (SSSR count). The second-order valence-corrected chi connectivity index (χ2v) is 5.52. The van der Waals surface area contributed by atoms with Gasteiger partial charge in [-0.1, -0.05) is 12.1 Å². The standard InChI is InChI=1S/C16H16N2O2/c19-15-7-6-14-13(15)2-1-3-16(14)20-9-12-8-17-10-18(12)11-4-5-11/h1-3,8,10-11H,4-7,9H2. The molecule has 1 heterocycles. The molecule has 0 atom stereocenters. The fourth-order valence-corrected chi connectivity index (χ4v) is 2.87. The van der Waals surface area contributed by atoms with Gasteiger partial charge < -0.3 is 9.30 Å². The van der Waals surface area contributed by atoms with Crippen molar-refractivity contribution in [3.8, 4) is 5.75 Å². The number of carbonyl (C=O) groups excluding carboxylic acids is 1. The first kappa shape index (κ1) is 11.7. The lowest BCUT2D eigenvalue weighted by Crippen LogP contribution is -2.05. The zero-order valence-corrected chi connectivity index (χ0v) is 11.2. The molecule has 20 heavy (non-hydrogen) atoms. The SMILES string of the molecule is O=C1CCc2c(OCc3cncn3C3CC3)cccc21. The highest BCUT2D eigenvalue weighted by Gasteiger charge is 2.26. The van der Waals surface area contributed by atoms with Gasteiger partial charge in [-0.2, -0.15) is 0 Å². The van der Waals surface area contributed by atoms with E-state index in [1.165, 1.54) is 12.8 Å². The Morgan fingerprint density at radius 3 is 3.05 bits per heavy atom. The van der Waals surface area contributed by atoms with Crippen LogP contribution in [0.15, 0.2) is 30.7 Å². The summed E-state index contributed by atoms with van der Waals surface area (Å²) in [6.07, 6.45) is 7.63. The minimum Gasteiger partial charge on any atom is -0.487 e. The molecule has 0 aliphatic heterocycles. The average molecular weight is 268 g/mol. The number of Topliss-reactive ketones (excluding diaryl/α,β-unsaturated/α-hetero) is 1. The summed E-state index contributed by atoms with van der Waals surface area (Å²) in [6, 6.07) is 6.36.